The molecule has 0 bridgehead atoms. The smallest absolute Gasteiger partial charge is 0.335 e. The Bertz CT molecular complexity index is 607. The molecule has 0 aliphatic rings. The molecule has 4 N–H and O–H groups in total. The summed E-state index contributed by atoms with van der Waals surface area (Å²) in [4.78, 5) is 13.4. The molecule has 1 aromatic heterocycles. The number of nitrogen functional groups attached to an aromatic ring is 1. The highest BCUT2D eigenvalue weighted by Gasteiger charge is 2.11. The highest BCUT2D eigenvalue weighted by Crippen LogP contribution is 2.28. The normalized spacial score (nSPS) is 12.1. The lowest BCUT2D eigenvalue weighted by atomic mass is 10.1. The number of nitrogens with two attached hydrogens (primary N) is 1. The number of anilines is 2. The van der Waals surface area contributed by atoms with Crippen molar-refractivity contribution >= 4 is 28.7 Å². The first-order chi connectivity index (χ1) is 8.97. The first-order valence-electron chi connectivity index (χ1n) is 5.93. The fraction of sp³-hybridized carbons (Fsp3) is 0.214. The lowest BCUT2D eigenvalue weighted by Crippen LogP contribution is -2.08. The van der Waals surface area contributed by atoms with E-state index in [9.17, 15) is 4.79 Å². The largest absolute Gasteiger partial charge is 0.478 e. The third-order valence-electron chi connectivity index (χ3n) is 2.86. The summed E-state index contributed by atoms with van der Waals surface area (Å²) in [5, 5.41) is 12.2. The number of rotatable bonds is 4. The Morgan fingerprint density at radius 1 is 1.37 bits per heavy atom. The molecule has 1 heterocycles. The summed E-state index contributed by atoms with van der Waals surface area (Å²) in [6, 6.07) is 8.89. The van der Waals surface area contributed by atoms with E-state index in [1.165, 1.54) is 15.8 Å². The zero-order valence-corrected chi connectivity index (χ0v) is 11.6. The van der Waals surface area contributed by atoms with Gasteiger partial charge in [-0.05, 0) is 44.2 Å². The van der Waals surface area contributed by atoms with Crippen molar-refractivity contribution in [2.75, 3.05) is 11.1 Å². The summed E-state index contributed by atoms with van der Waals surface area (Å²) in [6.07, 6.45) is 0. The van der Waals surface area contributed by atoms with Crippen LogP contribution in [0.25, 0.3) is 0 Å². The average molecular weight is 276 g/mol. The van der Waals surface area contributed by atoms with Crippen molar-refractivity contribution in [3.8, 4) is 0 Å². The van der Waals surface area contributed by atoms with E-state index in [4.69, 9.17) is 10.8 Å². The van der Waals surface area contributed by atoms with Crippen molar-refractivity contribution in [3.63, 3.8) is 0 Å². The maximum Gasteiger partial charge on any atom is 0.335 e. The summed E-state index contributed by atoms with van der Waals surface area (Å²) in [5.74, 6) is -0.956. The molecular weight excluding hydrogens is 260 g/mol. The minimum absolute atomic E-state index is 0.0880. The van der Waals surface area contributed by atoms with E-state index in [1.54, 1.807) is 23.5 Å². The topological polar surface area (TPSA) is 75.3 Å². The number of benzene rings is 1. The Labute approximate surface area is 115 Å². The van der Waals surface area contributed by atoms with Gasteiger partial charge in [0, 0.05) is 9.75 Å². The van der Waals surface area contributed by atoms with E-state index in [0.717, 1.165) is 0 Å². The minimum Gasteiger partial charge on any atom is -0.478 e. The molecule has 0 aliphatic carbocycles. The Morgan fingerprint density at radius 2 is 2.11 bits per heavy atom. The molecule has 5 heteroatoms. The number of aromatic carboxylic acids is 1. The van der Waals surface area contributed by atoms with Crippen molar-refractivity contribution in [2.24, 2.45) is 0 Å². The second-order valence-corrected chi connectivity index (χ2v) is 5.74. The number of carboxylic acids is 1. The SMILES string of the molecule is Cc1ccc(C(C)Nc2cc(C(=O)O)ccc2N)s1. The average Bonchev–Trinajstić information content (AvgIpc) is 2.78. The van der Waals surface area contributed by atoms with Gasteiger partial charge in [-0.25, -0.2) is 4.79 Å². The Hall–Kier alpha value is -2.01. The van der Waals surface area contributed by atoms with Crippen molar-refractivity contribution in [1.82, 2.24) is 0 Å². The number of nitrogens with one attached hydrogen (secondary N) is 1. The quantitative estimate of drug-likeness (QED) is 0.747. The van der Waals surface area contributed by atoms with E-state index < -0.39 is 5.97 Å². The molecule has 0 fully saturated rings. The number of thiophene rings is 1. The maximum atomic E-state index is 11.0. The van der Waals surface area contributed by atoms with Crippen LogP contribution in [0.1, 0.15) is 33.1 Å². The van der Waals surface area contributed by atoms with E-state index in [0.29, 0.717) is 11.4 Å². The van der Waals surface area contributed by atoms with Crippen LogP contribution in [0.4, 0.5) is 11.4 Å². The van der Waals surface area contributed by atoms with Gasteiger partial charge in [0.05, 0.1) is 23.0 Å². The predicted octanol–water partition coefficient (Wildman–Crippen LogP) is 3.51. The van der Waals surface area contributed by atoms with Crippen LogP contribution in [0.15, 0.2) is 30.3 Å². The van der Waals surface area contributed by atoms with Gasteiger partial charge in [0.25, 0.3) is 0 Å². The molecule has 0 spiro atoms. The summed E-state index contributed by atoms with van der Waals surface area (Å²) < 4.78 is 0. The Kier molecular flexibility index (Phi) is 3.76. The van der Waals surface area contributed by atoms with Crippen molar-refractivity contribution in [1.29, 1.82) is 0 Å². The van der Waals surface area contributed by atoms with Gasteiger partial charge in [0.2, 0.25) is 0 Å². The molecule has 1 atom stereocenters. The second kappa shape index (κ2) is 5.32. The van der Waals surface area contributed by atoms with Crippen LogP contribution in [0, 0.1) is 6.92 Å². The van der Waals surface area contributed by atoms with E-state index >= 15 is 0 Å². The Morgan fingerprint density at radius 3 is 2.68 bits per heavy atom. The lowest BCUT2D eigenvalue weighted by molar-refractivity contribution is 0.0697. The van der Waals surface area contributed by atoms with Gasteiger partial charge < -0.3 is 16.2 Å². The molecule has 1 unspecified atom stereocenters. The van der Waals surface area contributed by atoms with Gasteiger partial charge in [0.15, 0.2) is 0 Å². The van der Waals surface area contributed by atoms with E-state index in [2.05, 4.69) is 24.4 Å². The van der Waals surface area contributed by atoms with Gasteiger partial charge >= 0.3 is 5.97 Å². The van der Waals surface area contributed by atoms with Crippen LogP contribution in [0.5, 0.6) is 0 Å². The lowest BCUT2D eigenvalue weighted by Gasteiger charge is -2.16. The second-order valence-electron chi connectivity index (χ2n) is 4.42. The summed E-state index contributed by atoms with van der Waals surface area (Å²) >= 11 is 1.71. The molecule has 0 amide bonds. The third kappa shape index (κ3) is 3.06. The van der Waals surface area contributed by atoms with E-state index in [1.807, 2.05) is 6.92 Å². The number of hydrogen-bond acceptors (Lipinski definition) is 4. The molecule has 0 saturated carbocycles. The molecule has 2 aromatic rings. The molecule has 100 valence electrons. The zero-order valence-electron chi connectivity index (χ0n) is 10.8. The van der Waals surface area contributed by atoms with Crippen LogP contribution in [-0.4, -0.2) is 11.1 Å². The molecule has 19 heavy (non-hydrogen) atoms. The number of hydrogen-bond donors (Lipinski definition) is 3. The minimum atomic E-state index is -0.956. The van der Waals surface area contributed by atoms with Crippen LogP contribution < -0.4 is 11.1 Å². The fourth-order valence-corrected chi connectivity index (χ4v) is 2.68. The zero-order chi connectivity index (χ0) is 14.0. The highest BCUT2D eigenvalue weighted by atomic mass is 32.1. The van der Waals surface area contributed by atoms with Crippen molar-refractivity contribution in [2.45, 2.75) is 19.9 Å². The van der Waals surface area contributed by atoms with Gasteiger partial charge in [-0.3, -0.25) is 0 Å². The van der Waals surface area contributed by atoms with Crippen LogP contribution in [0.3, 0.4) is 0 Å². The van der Waals surface area contributed by atoms with Crippen LogP contribution in [0.2, 0.25) is 0 Å². The van der Waals surface area contributed by atoms with Gasteiger partial charge in [-0.2, -0.15) is 0 Å². The number of carbonyl (C=O) groups is 1. The van der Waals surface area contributed by atoms with Crippen molar-refractivity contribution < 1.29 is 9.90 Å². The molecule has 0 aliphatic heterocycles. The van der Waals surface area contributed by atoms with Crippen LogP contribution >= 0.6 is 11.3 Å². The van der Waals surface area contributed by atoms with Gasteiger partial charge in [0.1, 0.15) is 0 Å². The number of aryl methyl sites for hydroxylation is 1. The molecule has 1 aromatic carbocycles. The first-order valence-corrected chi connectivity index (χ1v) is 6.74. The van der Waals surface area contributed by atoms with Gasteiger partial charge in [-0.15, -0.1) is 11.3 Å². The Balaban J connectivity index is 2.22. The first kappa shape index (κ1) is 13.4. The van der Waals surface area contributed by atoms with Crippen molar-refractivity contribution in [3.05, 3.63) is 45.6 Å². The monoisotopic (exact) mass is 276 g/mol. The number of carboxylic acid groups (broad SMARTS) is 1. The summed E-state index contributed by atoms with van der Waals surface area (Å²) in [6.45, 7) is 4.08. The standard InChI is InChI=1S/C14H16N2O2S/c1-8-3-6-13(19-8)9(2)16-12-7-10(14(17)18)4-5-11(12)15/h3-7,9,16H,15H2,1-2H3,(H,17,18). The highest BCUT2D eigenvalue weighted by molar-refractivity contribution is 7.12. The summed E-state index contributed by atoms with van der Waals surface area (Å²) in [7, 11) is 0. The van der Waals surface area contributed by atoms with E-state index in [-0.39, 0.29) is 11.6 Å². The summed E-state index contributed by atoms with van der Waals surface area (Å²) in [5.41, 5.74) is 7.29. The molecule has 0 saturated heterocycles. The molecular formula is C14H16N2O2S. The molecule has 0 radical (unpaired) electrons. The maximum absolute atomic E-state index is 11.0. The fourth-order valence-electron chi connectivity index (χ4n) is 1.80. The van der Waals surface area contributed by atoms with Gasteiger partial charge in [-0.1, -0.05) is 0 Å². The third-order valence-corrected chi connectivity index (χ3v) is 4.04. The molecule has 2 rings (SSSR count). The predicted molar refractivity (Wildman–Crippen MR) is 78.9 cm³/mol. The van der Waals surface area contributed by atoms with Crippen LogP contribution in [-0.2, 0) is 0 Å². The molecule has 4 nitrogen and oxygen atoms in total.